The lowest BCUT2D eigenvalue weighted by molar-refractivity contribution is -0.128. The first-order chi connectivity index (χ1) is 13.6. The van der Waals surface area contributed by atoms with Crippen molar-refractivity contribution in [3.8, 4) is 6.07 Å². The van der Waals surface area contributed by atoms with Crippen LogP contribution in [0.15, 0.2) is 48.5 Å². The summed E-state index contributed by atoms with van der Waals surface area (Å²) in [5.41, 5.74) is 1.56. The number of rotatable bonds is 5. The molecule has 1 aliphatic carbocycles. The lowest BCUT2D eigenvalue weighted by Crippen LogP contribution is -2.35. The summed E-state index contributed by atoms with van der Waals surface area (Å²) in [6.45, 7) is 0.168. The fraction of sp³-hybridized carbons (Fsp3) is 0.318. The van der Waals surface area contributed by atoms with Crippen molar-refractivity contribution < 1.29 is 14.0 Å². The number of carbonyl (C=O) groups excluding carboxylic acids is 2. The first kappa shape index (κ1) is 19.6. The second-order valence-electron chi connectivity index (χ2n) is 7.04. The van der Waals surface area contributed by atoms with Gasteiger partial charge in [-0.15, -0.1) is 0 Å². The van der Waals surface area contributed by atoms with Gasteiger partial charge < -0.3 is 10.6 Å². The molecule has 2 amide bonds. The lowest BCUT2D eigenvalue weighted by atomic mass is 9.81. The van der Waals surface area contributed by atoms with Crippen LogP contribution >= 0.6 is 0 Å². The third-order valence-electron chi connectivity index (χ3n) is 5.14. The number of hydrogen-bond donors (Lipinski definition) is 2. The molecule has 0 bridgehead atoms. The molecule has 6 heteroatoms. The van der Waals surface area contributed by atoms with Gasteiger partial charge in [0.15, 0.2) is 0 Å². The van der Waals surface area contributed by atoms with Gasteiger partial charge in [-0.3, -0.25) is 9.59 Å². The Labute approximate surface area is 163 Å². The molecule has 28 heavy (non-hydrogen) atoms. The molecule has 2 aromatic carbocycles. The largest absolute Gasteiger partial charge is 0.352 e. The highest BCUT2D eigenvalue weighted by atomic mass is 19.1. The Balaban J connectivity index is 1.47. The molecule has 1 fully saturated rings. The highest BCUT2D eigenvalue weighted by Crippen LogP contribution is 2.30. The monoisotopic (exact) mass is 379 g/mol. The fourth-order valence-corrected chi connectivity index (χ4v) is 3.50. The average Bonchev–Trinajstić information content (AvgIpc) is 2.73. The smallest absolute Gasteiger partial charge is 0.227 e. The molecule has 1 saturated carbocycles. The molecule has 2 N–H and O–H groups in total. The molecular formula is C22H22FN3O2. The highest BCUT2D eigenvalue weighted by molar-refractivity contribution is 5.93. The van der Waals surface area contributed by atoms with Gasteiger partial charge in [0.25, 0.3) is 0 Å². The summed E-state index contributed by atoms with van der Waals surface area (Å²) in [6, 6.07) is 15.2. The van der Waals surface area contributed by atoms with Crippen LogP contribution in [0.3, 0.4) is 0 Å². The molecule has 5 nitrogen and oxygen atoms in total. The summed E-state index contributed by atoms with van der Waals surface area (Å²) in [7, 11) is 0. The molecule has 1 aliphatic rings. The number of anilines is 1. The minimum absolute atomic E-state index is 0.0831. The number of carbonyl (C=O) groups is 2. The van der Waals surface area contributed by atoms with Crippen molar-refractivity contribution in [1.29, 1.82) is 5.26 Å². The number of nitrogens with one attached hydrogen (secondary N) is 2. The van der Waals surface area contributed by atoms with Crippen molar-refractivity contribution in [2.75, 3.05) is 5.32 Å². The van der Waals surface area contributed by atoms with E-state index < -0.39 is 0 Å². The van der Waals surface area contributed by atoms with E-state index >= 15 is 0 Å². The van der Waals surface area contributed by atoms with Gasteiger partial charge in [0.2, 0.25) is 11.8 Å². The van der Waals surface area contributed by atoms with Crippen molar-refractivity contribution in [1.82, 2.24) is 5.32 Å². The van der Waals surface area contributed by atoms with Crippen LogP contribution < -0.4 is 10.6 Å². The van der Waals surface area contributed by atoms with E-state index in [2.05, 4.69) is 10.6 Å². The zero-order valence-electron chi connectivity index (χ0n) is 15.5. The summed E-state index contributed by atoms with van der Waals surface area (Å²) in [5.74, 6) is -0.813. The maximum absolute atomic E-state index is 13.6. The molecule has 0 radical (unpaired) electrons. The Kier molecular flexibility index (Phi) is 6.38. The third kappa shape index (κ3) is 4.95. The quantitative estimate of drug-likeness (QED) is 0.830. The Morgan fingerprint density at radius 2 is 1.68 bits per heavy atom. The highest BCUT2D eigenvalue weighted by Gasteiger charge is 2.30. The first-order valence-corrected chi connectivity index (χ1v) is 9.39. The number of nitriles is 1. The molecule has 0 heterocycles. The van der Waals surface area contributed by atoms with Crippen LogP contribution in [-0.4, -0.2) is 11.8 Å². The second-order valence-corrected chi connectivity index (χ2v) is 7.04. The van der Waals surface area contributed by atoms with E-state index in [1.807, 2.05) is 6.07 Å². The molecule has 0 unspecified atom stereocenters. The Bertz CT molecular complexity index is 899. The number of halogens is 1. The number of benzene rings is 2. The number of hydrogen-bond acceptors (Lipinski definition) is 3. The van der Waals surface area contributed by atoms with Crippen molar-refractivity contribution in [3.63, 3.8) is 0 Å². The molecule has 0 saturated heterocycles. The molecule has 0 aliphatic heterocycles. The summed E-state index contributed by atoms with van der Waals surface area (Å²) >= 11 is 0. The zero-order valence-corrected chi connectivity index (χ0v) is 15.5. The fourth-order valence-electron chi connectivity index (χ4n) is 3.50. The van der Waals surface area contributed by atoms with E-state index in [0.29, 0.717) is 42.5 Å². The average molecular weight is 379 g/mol. The van der Waals surface area contributed by atoms with Crippen LogP contribution in [0.25, 0.3) is 0 Å². The van der Waals surface area contributed by atoms with E-state index in [1.54, 1.807) is 42.5 Å². The Morgan fingerprint density at radius 3 is 2.36 bits per heavy atom. The normalized spacial score (nSPS) is 18.7. The van der Waals surface area contributed by atoms with Gasteiger partial charge >= 0.3 is 0 Å². The topological polar surface area (TPSA) is 82.0 Å². The summed E-state index contributed by atoms with van der Waals surface area (Å²) < 4.78 is 13.6. The molecule has 2 aromatic rings. The minimum atomic E-state index is -0.330. The molecule has 3 rings (SSSR count). The first-order valence-electron chi connectivity index (χ1n) is 9.39. The Hall–Kier alpha value is -3.20. The van der Waals surface area contributed by atoms with Gasteiger partial charge in [-0.2, -0.15) is 5.26 Å². The van der Waals surface area contributed by atoms with Crippen LogP contribution in [0.2, 0.25) is 0 Å². The summed E-state index contributed by atoms with van der Waals surface area (Å²) in [6.07, 6.45) is 2.50. The van der Waals surface area contributed by atoms with E-state index in [1.165, 1.54) is 6.07 Å². The van der Waals surface area contributed by atoms with E-state index in [4.69, 9.17) is 5.26 Å². The standard InChI is InChI=1S/C22H22FN3O2/c23-20-7-2-1-5-18(20)14-25-21(27)16-8-10-17(11-9-16)22(28)26-19-6-3-4-15(12-19)13-24/h1-7,12,16-17H,8-11,14H2,(H,25,27)(H,26,28). The van der Waals surface area contributed by atoms with E-state index in [9.17, 15) is 14.0 Å². The maximum atomic E-state index is 13.6. The second kappa shape index (κ2) is 9.14. The van der Waals surface area contributed by atoms with E-state index in [-0.39, 0.29) is 36.0 Å². The number of nitrogens with zero attached hydrogens (tertiary/aromatic N) is 1. The summed E-state index contributed by atoms with van der Waals surface area (Å²) in [4.78, 5) is 24.8. The van der Waals surface area contributed by atoms with Gasteiger partial charge in [-0.1, -0.05) is 24.3 Å². The molecule has 144 valence electrons. The molecule has 0 spiro atoms. The van der Waals surface area contributed by atoms with Gasteiger partial charge in [0, 0.05) is 29.6 Å². The van der Waals surface area contributed by atoms with Crippen LogP contribution in [0.5, 0.6) is 0 Å². The van der Waals surface area contributed by atoms with Gasteiger partial charge in [-0.05, 0) is 49.9 Å². The SMILES string of the molecule is N#Cc1cccc(NC(=O)C2CCC(C(=O)NCc3ccccc3F)CC2)c1. The zero-order chi connectivity index (χ0) is 19.9. The van der Waals surface area contributed by atoms with Crippen LogP contribution in [-0.2, 0) is 16.1 Å². The van der Waals surface area contributed by atoms with Gasteiger partial charge in [0.05, 0.1) is 11.6 Å². The van der Waals surface area contributed by atoms with Crippen LogP contribution in [0.4, 0.5) is 10.1 Å². The van der Waals surface area contributed by atoms with Crippen LogP contribution in [0, 0.1) is 29.0 Å². The van der Waals surface area contributed by atoms with Crippen molar-refractivity contribution in [2.45, 2.75) is 32.2 Å². The molecule has 0 atom stereocenters. The van der Waals surface area contributed by atoms with Crippen LogP contribution in [0.1, 0.15) is 36.8 Å². The minimum Gasteiger partial charge on any atom is -0.352 e. The molecular weight excluding hydrogens is 357 g/mol. The van der Waals surface area contributed by atoms with Gasteiger partial charge in [0.1, 0.15) is 5.82 Å². The lowest BCUT2D eigenvalue weighted by Gasteiger charge is -2.27. The predicted octanol–water partition coefficient (Wildman–Crippen LogP) is 3.76. The van der Waals surface area contributed by atoms with Gasteiger partial charge in [-0.25, -0.2) is 4.39 Å². The predicted molar refractivity (Wildman–Crippen MR) is 103 cm³/mol. The van der Waals surface area contributed by atoms with Crippen molar-refractivity contribution >= 4 is 17.5 Å². The van der Waals surface area contributed by atoms with Crippen molar-refractivity contribution in [3.05, 3.63) is 65.5 Å². The number of amides is 2. The molecule has 0 aromatic heterocycles. The third-order valence-corrected chi connectivity index (χ3v) is 5.14. The summed E-state index contributed by atoms with van der Waals surface area (Å²) in [5, 5.41) is 14.6. The maximum Gasteiger partial charge on any atom is 0.227 e. The van der Waals surface area contributed by atoms with Crippen molar-refractivity contribution in [2.24, 2.45) is 11.8 Å². The van der Waals surface area contributed by atoms with E-state index in [0.717, 1.165) is 0 Å². The Morgan fingerprint density at radius 1 is 1.00 bits per heavy atom.